The smallest absolute Gasteiger partial charge is 0.263 e. The van der Waals surface area contributed by atoms with E-state index in [-0.39, 0.29) is 22.3 Å². The largest absolute Gasteiger partial charge is 0.497 e. The van der Waals surface area contributed by atoms with E-state index in [1.165, 1.54) is 0 Å². The average molecular weight is 613 g/mol. The van der Waals surface area contributed by atoms with Gasteiger partial charge in [-0.05, 0) is 84.2 Å². The van der Waals surface area contributed by atoms with E-state index < -0.39 is 10.0 Å². The van der Waals surface area contributed by atoms with Gasteiger partial charge in [-0.25, -0.2) is 18.4 Å². The van der Waals surface area contributed by atoms with E-state index in [2.05, 4.69) is 41.3 Å². The van der Waals surface area contributed by atoms with Crippen LogP contribution in [0.25, 0.3) is 11.0 Å². The van der Waals surface area contributed by atoms with Gasteiger partial charge in [0.2, 0.25) is 0 Å². The molecule has 1 aromatic heterocycles. The third kappa shape index (κ3) is 7.53. The number of benzene rings is 3. The van der Waals surface area contributed by atoms with Gasteiger partial charge in [-0.3, -0.25) is 9.52 Å². The number of nitrogens with one attached hydrogen (secondary N) is 3. The number of ether oxygens (including phenoxy) is 1. The van der Waals surface area contributed by atoms with E-state index >= 15 is 0 Å². The van der Waals surface area contributed by atoms with Crippen molar-refractivity contribution in [2.75, 3.05) is 30.7 Å². The first kappa shape index (κ1) is 28.5. The zero-order chi connectivity index (χ0) is 27.8. The molecule has 39 heavy (non-hydrogen) atoms. The molecule has 11 heteroatoms. The Labute approximate surface area is 236 Å². The second-order valence-corrected chi connectivity index (χ2v) is 11.4. The molecule has 0 bridgehead atoms. The highest BCUT2D eigenvalue weighted by Crippen LogP contribution is 2.33. The van der Waals surface area contributed by atoms with E-state index in [1.54, 1.807) is 50.6 Å². The topological polar surface area (TPSA) is 122 Å². The van der Waals surface area contributed by atoms with E-state index in [4.69, 9.17) is 4.74 Å². The van der Waals surface area contributed by atoms with Crippen LogP contribution in [0, 0.1) is 0 Å². The molecule has 1 heterocycles. The number of hydrogen-bond acceptors (Lipinski definition) is 8. The summed E-state index contributed by atoms with van der Waals surface area (Å²) in [6.45, 7) is 0.364. The predicted molar refractivity (Wildman–Crippen MR) is 157 cm³/mol. The van der Waals surface area contributed by atoms with Crippen LogP contribution in [0.1, 0.15) is 24.8 Å². The first-order valence-corrected chi connectivity index (χ1v) is 14.7. The molecule has 4 aromatic rings. The number of aromatic nitrogens is 2. The van der Waals surface area contributed by atoms with Crippen molar-refractivity contribution < 1.29 is 17.9 Å². The van der Waals surface area contributed by atoms with Crippen molar-refractivity contribution >= 4 is 60.1 Å². The van der Waals surface area contributed by atoms with Gasteiger partial charge >= 0.3 is 0 Å². The van der Waals surface area contributed by atoms with E-state index in [1.807, 2.05) is 30.3 Å². The first-order valence-electron chi connectivity index (χ1n) is 12.4. The Morgan fingerprint density at radius 3 is 2.41 bits per heavy atom. The van der Waals surface area contributed by atoms with Crippen molar-refractivity contribution in [1.29, 1.82) is 0 Å². The molecule has 0 spiro atoms. The highest BCUT2D eigenvalue weighted by Gasteiger charge is 2.20. The number of rotatable bonds is 13. The third-order valence-corrected chi connectivity index (χ3v) is 8.01. The monoisotopic (exact) mass is 611 g/mol. The number of fused-ring (bicyclic) bond motifs is 1. The van der Waals surface area contributed by atoms with Crippen LogP contribution >= 0.6 is 15.9 Å². The Kier molecular flexibility index (Phi) is 9.50. The number of likely N-dealkylation sites (N-methyl/N-ethyl adjacent to an activating group) is 1. The summed E-state index contributed by atoms with van der Waals surface area (Å²) in [5.41, 5.74) is 2.67. The number of methoxy groups -OCH3 is 1. The molecule has 4 rings (SSSR count). The van der Waals surface area contributed by atoms with Crippen LogP contribution in [0.2, 0.25) is 0 Å². The van der Waals surface area contributed by atoms with Gasteiger partial charge in [-0.2, -0.15) is 0 Å². The van der Waals surface area contributed by atoms with Gasteiger partial charge in [0.1, 0.15) is 11.5 Å². The minimum Gasteiger partial charge on any atom is -0.497 e. The molecule has 0 unspecified atom stereocenters. The van der Waals surface area contributed by atoms with Crippen molar-refractivity contribution in [3.8, 4) is 5.75 Å². The number of ketones is 1. The van der Waals surface area contributed by atoms with Crippen LogP contribution in [0.5, 0.6) is 5.75 Å². The van der Waals surface area contributed by atoms with Gasteiger partial charge in [0, 0.05) is 17.0 Å². The molecular weight excluding hydrogens is 582 g/mol. The fraction of sp³-hybridized carbons (Fsp3) is 0.250. The first-order chi connectivity index (χ1) is 18.8. The highest BCUT2D eigenvalue weighted by atomic mass is 79.9. The van der Waals surface area contributed by atoms with Crippen LogP contribution in [0.4, 0.5) is 17.3 Å². The van der Waals surface area contributed by atoms with E-state index in [0.717, 1.165) is 22.9 Å². The Morgan fingerprint density at radius 2 is 1.69 bits per heavy atom. The average Bonchev–Trinajstić information content (AvgIpc) is 2.93. The van der Waals surface area contributed by atoms with Gasteiger partial charge in [0.25, 0.3) is 10.0 Å². The number of halogens is 1. The van der Waals surface area contributed by atoms with Gasteiger partial charge in [0.15, 0.2) is 11.6 Å². The fourth-order valence-corrected chi connectivity index (χ4v) is 5.43. The number of carbonyl (C=O) groups excluding carboxylic acids is 1. The molecule has 3 N–H and O–H groups in total. The molecule has 0 fully saturated rings. The standard InChI is InChI=1S/C28H30BrN5O4S/c1-30-18-20(35)10-4-3-8-19-9-7-11-22(16-19)39(36,37)34-28-27(31-24-12-5-6-13-25(24)32-28)33-26-17-21(38-2)14-15-23(26)29/h5-7,9,11-17,30H,3-4,8,10,18H2,1-2H3,(H,31,33)(H,32,34). The summed E-state index contributed by atoms with van der Waals surface area (Å²) in [7, 11) is -0.667. The molecule has 0 saturated carbocycles. The maximum absolute atomic E-state index is 13.5. The number of carbonyl (C=O) groups is 1. The zero-order valence-corrected chi connectivity index (χ0v) is 24.1. The Hall–Kier alpha value is -3.54. The molecule has 0 aliphatic carbocycles. The lowest BCUT2D eigenvalue weighted by atomic mass is 10.1. The van der Waals surface area contributed by atoms with Crippen molar-refractivity contribution in [1.82, 2.24) is 15.3 Å². The van der Waals surface area contributed by atoms with Gasteiger partial charge in [-0.1, -0.05) is 24.3 Å². The summed E-state index contributed by atoms with van der Waals surface area (Å²) < 4.78 is 35.6. The minimum atomic E-state index is -3.98. The maximum atomic E-state index is 13.5. The normalized spacial score (nSPS) is 11.4. The lowest BCUT2D eigenvalue weighted by Crippen LogP contribution is -2.18. The summed E-state index contributed by atoms with van der Waals surface area (Å²) in [4.78, 5) is 21.0. The Balaban J connectivity index is 1.59. The van der Waals surface area contributed by atoms with Crippen molar-refractivity contribution in [3.63, 3.8) is 0 Å². The molecule has 9 nitrogen and oxygen atoms in total. The lowest BCUT2D eigenvalue weighted by molar-refractivity contribution is -0.118. The number of aryl methyl sites for hydroxylation is 1. The summed E-state index contributed by atoms with van der Waals surface area (Å²) >= 11 is 3.51. The van der Waals surface area contributed by atoms with E-state index in [0.29, 0.717) is 41.9 Å². The second kappa shape index (κ2) is 13.0. The van der Waals surface area contributed by atoms with Crippen LogP contribution in [-0.2, 0) is 21.2 Å². The molecule has 0 atom stereocenters. The summed E-state index contributed by atoms with van der Waals surface area (Å²) in [6, 6.07) is 19.4. The molecule has 204 valence electrons. The predicted octanol–water partition coefficient (Wildman–Crippen LogP) is 5.45. The van der Waals surface area contributed by atoms with Crippen molar-refractivity contribution in [2.24, 2.45) is 0 Å². The maximum Gasteiger partial charge on any atom is 0.263 e. The van der Waals surface area contributed by atoms with Crippen LogP contribution in [0.3, 0.4) is 0 Å². The molecule has 0 saturated heterocycles. The lowest BCUT2D eigenvalue weighted by Gasteiger charge is -2.15. The third-order valence-electron chi connectivity index (χ3n) is 5.98. The SMILES string of the molecule is CNCC(=O)CCCCc1cccc(S(=O)(=O)Nc2nc3ccccc3nc2Nc2cc(OC)ccc2Br)c1. The van der Waals surface area contributed by atoms with Crippen molar-refractivity contribution in [3.05, 3.63) is 76.8 Å². The quantitative estimate of drug-likeness (QED) is 0.171. The van der Waals surface area contributed by atoms with Gasteiger partial charge in [0.05, 0.1) is 35.3 Å². The van der Waals surface area contributed by atoms with Gasteiger partial charge < -0.3 is 15.4 Å². The number of sulfonamides is 1. The number of para-hydroxylation sites is 2. The summed E-state index contributed by atoms with van der Waals surface area (Å²) in [5, 5.41) is 6.05. The molecule has 0 amide bonds. The van der Waals surface area contributed by atoms with Crippen molar-refractivity contribution in [2.45, 2.75) is 30.6 Å². The number of anilines is 3. The molecule has 3 aromatic carbocycles. The number of nitrogens with zero attached hydrogens (tertiary/aromatic N) is 2. The minimum absolute atomic E-state index is 0.0665. The Bertz CT molecular complexity index is 1580. The summed E-state index contributed by atoms with van der Waals surface area (Å²) in [5.74, 6) is 1.10. The fourth-order valence-electron chi connectivity index (χ4n) is 4.00. The number of unbranched alkanes of at least 4 members (excludes halogenated alkanes) is 1. The number of Topliss-reactive ketones (excluding diaryl/α,β-unsaturated/α-hetero) is 1. The summed E-state index contributed by atoms with van der Waals surface area (Å²) in [6.07, 6.45) is 2.70. The van der Waals surface area contributed by atoms with Crippen LogP contribution in [-0.4, -0.2) is 44.9 Å². The Morgan fingerprint density at radius 1 is 0.949 bits per heavy atom. The zero-order valence-electron chi connectivity index (χ0n) is 21.7. The number of hydrogen-bond donors (Lipinski definition) is 3. The molecule has 0 aliphatic rings. The van der Waals surface area contributed by atoms with Gasteiger partial charge in [-0.15, -0.1) is 0 Å². The highest BCUT2D eigenvalue weighted by molar-refractivity contribution is 9.10. The molecule has 0 aliphatic heterocycles. The molecule has 0 radical (unpaired) electrons. The molecular formula is C28H30BrN5O4S. The van der Waals surface area contributed by atoms with E-state index in [9.17, 15) is 13.2 Å². The van der Waals surface area contributed by atoms with Crippen LogP contribution < -0.4 is 20.1 Å². The van der Waals surface area contributed by atoms with Crippen LogP contribution in [0.15, 0.2) is 76.1 Å². The second-order valence-electron chi connectivity index (χ2n) is 8.91.